The first-order chi connectivity index (χ1) is 7.33. The molecule has 2 heterocycles. The number of nitrogens with one attached hydrogen (secondary N) is 1. The molecule has 1 aromatic carbocycles. The van der Waals surface area contributed by atoms with Gasteiger partial charge in [0.15, 0.2) is 0 Å². The maximum absolute atomic E-state index is 4.65. The van der Waals surface area contributed by atoms with E-state index < -0.39 is 0 Å². The molecule has 1 atom stereocenters. The van der Waals surface area contributed by atoms with Crippen molar-refractivity contribution in [3.63, 3.8) is 0 Å². The topological polar surface area (TPSA) is 31.9 Å². The molecular weight excluding hydrogens is 186 g/mol. The summed E-state index contributed by atoms with van der Waals surface area (Å²) < 4.78 is 0. The number of para-hydroxylation sites is 2. The number of H-pyrrole nitrogens is 1. The number of likely N-dealkylation sites (N-methyl/N-ethyl adjacent to an activating group) is 1. The number of likely N-dealkylation sites (tertiary alicyclic amines) is 1. The Morgan fingerprint density at radius 3 is 3.00 bits per heavy atom. The average Bonchev–Trinajstić information content (AvgIpc) is 2.82. The van der Waals surface area contributed by atoms with Gasteiger partial charge in [0, 0.05) is 12.5 Å². The SMILES string of the molecule is CN1CCC(c2nc3ccccc3[nH]2)C1. The number of nitrogens with zero attached hydrogens (tertiary/aromatic N) is 2. The molecule has 0 amide bonds. The van der Waals surface area contributed by atoms with E-state index in [1.165, 1.54) is 13.0 Å². The van der Waals surface area contributed by atoms with Crippen molar-refractivity contribution in [2.45, 2.75) is 12.3 Å². The standard InChI is InChI=1S/C12H15N3/c1-15-7-6-9(8-15)12-13-10-4-2-3-5-11(10)14-12/h2-5,9H,6-8H2,1H3,(H,13,14). The molecule has 1 aliphatic rings. The van der Waals surface area contributed by atoms with Crippen LogP contribution < -0.4 is 0 Å². The molecule has 3 rings (SSSR count). The monoisotopic (exact) mass is 201 g/mol. The van der Waals surface area contributed by atoms with E-state index in [2.05, 4.69) is 34.0 Å². The summed E-state index contributed by atoms with van der Waals surface area (Å²) in [6, 6.07) is 8.23. The van der Waals surface area contributed by atoms with Gasteiger partial charge in [-0.15, -0.1) is 0 Å². The van der Waals surface area contributed by atoms with Gasteiger partial charge < -0.3 is 9.88 Å². The second-order valence-corrected chi connectivity index (χ2v) is 4.39. The van der Waals surface area contributed by atoms with Crippen molar-refractivity contribution in [3.8, 4) is 0 Å². The number of hydrogen-bond donors (Lipinski definition) is 1. The van der Waals surface area contributed by atoms with E-state index in [9.17, 15) is 0 Å². The van der Waals surface area contributed by atoms with Crippen LogP contribution in [-0.2, 0) is 0 Å². The summed E-state index contributed by atoms with van der Waals surface area (Å²) in [5, 5.41) is 0. The summed E-state index contributed by atoms with van der Waals surface area (Å²) in [5.74, 6) is 1.74. The summed E-state index contributed by atoms with van der Waals surface area (Å²) in [5.41, 5.74) is 2.24. The highest BCUT2D eigenvalue weighted by Crippen LogP contribution is 2.25. The van der Waals surface area contributed by atoms with Crippen LogP contribution in [0.2, 0.25) is 0 Å². The maximum Gasteiger partial charge on any atom is 0.111 e. The fourth-order valence-electron chi connectivity index (χ4n) is 2.32. The van der Waals surface area contributed by atoms with Gasteiger partial charge in [-0.3, -0.25) is 0 Å². The molecule has 0 spiro atoms. The highest BCUT2D eigenvalue weighted by Gasteiger charge is 2.23. The van der Waals surface area contributed by atoms with Gasteiger partial charge in [0.05, 0.1) is 11.0 Å². The molecule has 1 saturated heterocycles. The molecule has 78 valence electrons. The number of benzene rings is 1. The molecule has 1 fully saturated rings. The highest BCUT2D eigenvalue weighted by atomic mass is 15.1. The third-order valence-corrected chi connectivity index (χ3v) is 3.19. The van der Waals surface area contributed by atoms with Gasteiger partial charge in [0.2, 0.25) is 0 Å². The first-order valence-electron chi connectivity index (χ1n) is 5.46. The summed E-state index contributed by atoms with van der Waals surface area (Å²) in [7, 11) is 2.17. The lowest BCUT2D eigenvalue weighted by atomic mass is 10.1. The molecule has 0 radical (unpaired) electrons. The smallest absolute Gasteiger partial charge is 0.111 e. The summed E-state index contributed by atoms with van der Waals surface area (Å²) >= 11 is 0. The molecule has 1 aliphatic heterocycles. The zero-order valence-electron chi connectivity index (χ0n) is 8.90. The van der Waals surface area contributed by atoms with Gasteiger partial charge >= 0.3 is 0 Å². The molecule has 3 heteroatoms. The van der Waals surface area contributed by atoms with Crippen LogP contribution in [0, 0.1) is 0 Å². The first kappa shape index (κ1) is 8.92. The minimum atomic E-state index is 0.586. The van der Waals surface area contributed by atoms with Crippen LogP contribution in [0.3, 0.4) is 0 Å². The lowest BCUT2D eigenvalue weighted by molar-refractivity contribution is 0.410. The summed E-state index contributed by atoms with van der Waals surface area (Å²) in [6.07, 6.45) is 1.22. The lowest BCUT2D eigenvalue weighted by Gasteiger charge is -2.06. The van der Waals surface area contributed by atoms with Gasteiger partial charge in [-0.2, -0.15) is 0 Å². The molecular formula is C12H15N3. The Bertz CT molecular complexity index is 441. The highest BCUT2D eigenvalue weighted by molar-refractivity contribution is 5.74. The van der Waals surface area contributed by atoms with Crippen molar-refractivity contribution in [1.29, 1.82) is 0 Å². The second-order valence-electron chi connectivity index (χ2n) is 4.39. The van der Waals surface area contributed by atoms with Crippen LogP contribution in [0.15, 0.2) is 24.3 Å². The largest absolute Gasteiger partial charge is 0.342 e. The van der Waals surface area contributed by atoms with Crippen molar-refractivity contribution in [3.05, 3.63) is 30.1 Å². The molecule has 0 bridgehead atoms. The van der Waals surface area contributed by atoms with E-state index in [-0.39, 0.29) is 0 Å². The summed E-state index contributed by atoms with van der Waals surface area (Å²) in [4.78, 5) is 10.4. The minimum absolute atomic E-state index is 0.586. The third kappa shape index (κ3) is 1.53. The van der Waals surface area contributed by atoms with Crippen LogP contribution in [0.25, 0.3) is 11.0 Å². The molecule has 15 heavy (non-hydrogen) atoms. The Hall–Kier alpha value is -1.35. The van der Waals surface area contributed by atoms with Crippen molar-refractivity contribution in [1.82, 2.24) is 14.9 Å². The Morgan fingerprint density at radius 2 is 2.27 bits per heavy atom. The number of fused-ring (bicyclic) bond motifs is 1. The van der Waals surface area contributed by atoms with Crippen LogP contribution in [0.1, 0.15) is 18.2 Å². The predicted molar refractivity (Wildman–Crippen MR) is 60.9 cm³/mol. The van der Waals surface area contributed by atoms with Gasteiger partial charge in [-0.25, -0.2) is 4.98 Å². The predicted octanol–water partition coefficient (Wildman–Crippen LogP) is 1.98. The normalized spacial score (nSPS) is 22.6. The minimum Gasteiger partial charge on any atom is -0.342 e. The molecule has 1 unspecified atom stereocenters. The fraction of sp³-hybridized carbons (Fsp3) is 0.417. The molecule has 1 aromatic heterocycles. The Labute approximate surface area is 89.1 Å². The Morgan fingerprint density at radius 1 is 1.40 bits per heavy atom. The van der Waals surface area contributed by atoms with Crippen LogP contribution in [-0.4, -0.2) is 35.0 Å². The number of aromatic amines is 1. The number of aromatic nitrogens is 2. The van der Waals surface area contributed by atoms with Crippen molar-refractivity contribution in [2.75, 3.05) is 20.1 Å². The number of imidazole rings is 1. The molecule has 1 N–H and O–H groups in total. The van der Waals surface area contributed by atoms with Crippen LogP contribution >= 0.6 is 0 Å². The maximum atomic E-state index is 4.65. The summed E-state index contributed by atoms with van der Waals surface area (Å²) in [6.45, 7) is 2.31. The Kier molecular flexibility index (Phi) is 1.99. The van der Waals surface area contributed by atoms with Crippen LogP contribution in [0.4, 0.5) is 0 Å². The average molecular weight is 201 g/mol. The van der Waals surface area contributed by atoms with Gasteiger partial charge in [0.25, 0.3) is 0 Å². The van der Waals surface area contributed by atoms with Crippen molar-refractivity contribution < 1.29 is 0 Å². The number of rotatable bonds is 1. The quantitative estimate of drug-likeness (QED) is 0.765. The fourth-order valence-corrected chi connectivity index (χ4v) is 2.32. The zero-order valence-corrected chi connectivity index (χ0v) is 8.90. The van der Waals surface area contributed by atoms with Gasteiger partial charge in [-0.1, -0.05) is 12.1 Å². The molecule has 3 nitrogen and oxygen atoms in total. The second kappa shape index (κ2) is 3.35. The van der Waals surface area contributed by atoms with Crippen molar-refractivity contribution >= 4 is 11.0 Å². The first-order valence-corrected chi connectivity index (χ1v) is 5.46. The van der Waals surface area contributed by atoms with Crippen LogP contribution in [0.5, 0.6) is 0 Å². The van der Waals surface area contributed by atoms with E-state index >= 15 is 0 Å². The molecule has 0 aliphatic carbocycles. The van der Waals surface area contributed by atoms with E-state index in [1.54, 1.807) is 0 Å². The number of hydrogen-bond acceptors (Lipinski definition) is 2. The Balaban J connectivity index is 1.98. The van der Waals surface area contributed by atoms with Gasteiger partial charge in [-0.05, 0) is 32.1 Å². The molecule has 0 saturated carbocycles. The third-order valence-electron chi connectivity index (χ3n) is 3.19. The van der Waals surface area contributed by atoms with Crippen molar-refractivity contribution in [2.24, 2.45) is 0 Å². The van der Waals surface area contributed by atoms with E-state index in [0.29, 0.717) is 5.92 Å². The lowest BCUT2D eigenvalue weighted by Crippen LogP contribution is -2.13. The molecule has 2 aromatic rings. The van der Waals surface area contributed by atoms with Gasteiger partial charge in [0.1, 0.15) is 5.82 Å². The van der Waals surface area contributed by atoms with E-state index in [1.807, 2.05) is 12.1 Å². The van der Waals surface area contributed by atoms with E-state index in [4.69, 9.17) is 0 Å². The zero-order chi connectivity index (χ0) is 10.3. The van der Waals surface area contributed by atoms with E-state index in [0.717, 1.165) is 23.4 Å².